The van der Waals surface area contributed by atoms with Crippen LogP contribution in [0.3, 0.4) is 0 Å². The van der Waals surface area contributed by atoms with Crippen LogP contribution in [0, 0.1) is 0 Å². The quantitative estimate of drug-likeness (QED) is 0.758. The molecule has 0 aliphatic carbocycles. The summed E-state index contributed by atoms with van der Waals surface area (Å²) in [5, 5.41) is 2.11. The van der Waals surface area contributed by atoms with Crippen molar-refractivity contribution >= 4 is 17.8 Å². The molecule has 0 unspecified atom stereocenters. The molecule has 19 heavy (non-hydrogen) atoms. The van der Waals surface area contributed by atoms with Gasteiger partial charge in [0.2, 0.25) is 0 Å². The highest BCUT2D eigenvalue weighted by Crippen LogP contribution is 1.97. The molecule has 6 heteroatoms. The number of rotatable bonds is 6. The van der Waals surface area contributed by atoms with Crippen LogP contribution in [0.25, 0.3) is 0 Å². The second kappa shape index (κ2) is 7.99. The van der Waals surface area contributed by atoms with Crippen molar-refractivity contribution in [2.75, 3.05) is 19.8 Å². The van der Waals surface area contributed by atoms with E-state index in [0.717, 1.165) is 0 Å². The highest BCUT2D eigenvalue weighted by Gasteiger charge is 2.12. The average molecular weight is 265 g/mol. The molecule has 102 valence electrons. The Kier molecular flexibility index (Phi) is 6.25. The molecule has 0 bridgehead atoms. The van der Waals surface area contributed by atoms with Gasteiger partial charge in [0.1, 0.15) is 6.61 Å². The third kappa shape index (κ3) is 5.78. The number of carbonyl (C=O) groups is 3. The van der Waals surface area contributed by atoms with Crippen molar-refractivity contribution < 1.29 is 23.9 Å². The SMILES string of the molecule is CCOCC(=O)OCC(=O)NC(=O)c1ccccc1. The van der Waals surface area contributed by atoms with Gasteiger partial charge in [-0.15, -0.1) is 0 Å². The monoisotopic (exact) mass is 265 g/mol. The molecule has 0 fully saturated rings. The number of amides is 2. The molecule has 0 spiro atoms. The summed E-state index contributed by atoms with van der Waals surface area (Å²) >= 11 is 0. The summed E-state index contributed by atoms with van der Waals surface area (Å²) in [6.07, 6.45) is 0. The summed E-state index contributed by atoms with van der Waals surface area (Å²) in [4.78, 5) is 34.0. The van der Waals surface area contributed by atoms with Gasteiger partial charge in [-0.1, -0.05) is 18.2 Å². The van der Waals surface area contributed by atoms with Crippen LogP contribution in [0.15, 0.2) is 30.3 Å². The molecular weight excluding hydrogens is 250 g/mol. The molecule has 6 nitrogen and oxygen atoms in total. The normalized spacial score (nSPS) is 9.74. The van der Waals surface area contributed by atoms with E-state index >= 15 is 0 Å². The van der Waals surface area contributed by atoms with E-state index in [4.69, 9.17) is 4.74 Å². The van der Waals surface area contributed by atoms with Crippen LogP contribution in [0.2, 0.25) is 0 Å². The minimum Gasteiger partial charge on any atom is -0.454 e. The number of hydrogen-bond acceptors (Lipinski definition) is 5. The van der Waals surface area contributed by atoms with Gasteiger partial charge in [0.05, 0.1) is 0 Å². The van der Waals surface area contributed by atoms with E-state index in [2.05, 4.69) is 10.1 Å². The summed E-state index contributed by atoms with van der Waals surface area (Å²) in [7, 11) is 0. The van der Waals surface area contributed by atoms with Crippen LogP contribution in [0.4, 0.5) is 0 Å². The van der Waals surface area contributed by atoms with Crippen molar-refractivity contribution in [3.8, 4) is 0 Å². The molecule has 1 aromatic carbocycles. The number of benzene rings is 1. The van der Waals surface area contributed by atoms with Gasteiger partial charge < -0.3 is 9.47 Å². The molecular formula is C13H15NO5. The minimum absolute atomic E-state index is 0.212. The third-order valence-corrected chi connectivity index (χ3v) is 2.08. The Bertz CT molecular complexity index is 444. The van der Waals surface area contributed by atoms with Crippen LogP contribution in [-0.4, -0.2) is 37.6 Å². The molecule has 0 atom stereocenters. The van der Waals surface area contributed by atoms with Gasteiger partial charge in [-0.05, 0) is 19.1 Å². The molecule has 0 heterocycles. The lowest BCUT2D eigenvalue weighted by atomic mass is 10.2. The molecule has 2 amide bonds. The number of carbonyl (C=O) groups excluding carboxylic acids is 3. The third-order valence-electron chi connectivity index (χ3n) is 2.08. The summed E-state index contributed by atoms with van der Waals surface area (Å²) in [6, 6.07) is 8.27. The van der Waals surface area contributed by atoms with E-state index in [1.807, 2.05) is 0 Å². The molecule has 0 aliphatic heterocycles. The Labute approximate surface area is 110 Å². The first-order valence-electron chi connectivity index (χ1n) is 5.76. The van der Waals surface area contributed by atoms with E-state index in [1.165, 1.54) is 0 Å². The topological polar surface area (TPSA) is 81.7 Å². The molecule has 0 saturated heterocycles. The van der Waals surface area contributed by atoms with Gasteiger partial charge in [-0.25, -0.2) is 4.79 Å². The fourth-order valence-electron chi connectivity index (χ4n) is 1.20. The fraction of sp³-hybridized carbons (Fsp3) is 0.308. The van der Waals surface area contributed by atoms with E-state index in [-0.39, 0.29) is 6.61 Å². The summed E-state index contributed by atoms with van der Waals surface area (Å²) in [6.45, 7) is 1.40. The zero-order chi connectivity index (χ0) is 14.1. The Hall–Kier alpha value is -2.21. The second-order valence-electron chi connectivity index (χ2n) is 3.54. The van der Waals surface area contributed by atoms with Gasteiger partial charge in [0.15, 0.2) is 6.61 Å². The maximum atomic E-state index is 11.6. The summed E-state index contributed by atoms with van der Waals surface area (Å²) < 4.78 is 9.42. The maximum Gasteiger partial charge on any atom is 0.332 e. The van der Waals surface area contributed by atoms with Gasteiger partial charge in [0, 0.05) is 12.2 Å². The Morgan fingerprint density at radius 3 is 2.42 bits per heavy atom. The predicted molar refractivity (Wildman–Crippen MR) is 66.4 cm³/mol. The predicted octanol–water partition coefficient (Wildman–Crippen LogP) is 0.523. The molecule has 0 aliphatic rings. The fourth-order valence-corrected chi connectivity index (χ4v) is 1.20. The van der Waals surface area contributed by atoms with Crippen LogP contribution >= 0.6 is 0 Å². The number of imide groups is 1. The number of nitrogens with one attached hydrogen (secondary N) is 1. The summed E-state index contributed by atoms with van der Waals surface area (Å²) in [5.41, 5.74) is 0.358. The lowest BCUT2D eigenvalue weighted by molar-refractivity contribution is -0.152. The van der Waals surface area contributed by atoms with Gasteiger partial charge in [-0.2, -0.15) is 0 Å². The van der Waals surface area contributed by atoms with Crippen molar-refractivity contribution in [3.63, 3.8) is 0 Å². The van der Waals surface area contributed by atoms with Crippen LogP contribution in [-0.2, 0) is 19.1 Å². The Morgan fingerprint density at radius 1 is 1.11 bits per heavy atom. The smallest absolute Gasteiger partial charge is 0.332 e. The minimum atomic E-state index is -0.682. The standard InChI is InChI=1S/C13H15NO5/c1-2-18-9-12(16)19-8-11(15)14-13(17)10-6-4-3-5-7-10/h3-7H,2,8-9H2,1H3,(H,14,15,17). The van der Waals surface area contributed by atoms with E-state index < -0.39 is 24.4 Å². The summed E-state index contributed by atoms with van der Waals surface area (Å²) in [5.74, 6) is -1.87. The number of ether oxygens (including phenoxy) is 2. The average Bonchev–Trinajstić information content (AvgIpc) is 2.43. The van der Waals surface area contributed by atoms with Crippen molar-refractivity contribution in [1.29, 1.82) is 0 Å². The first kappa shape index (κ1) is 14.8. The first-order chi connectivity index (χ1) is 9.13. The molecule has 0 aromatic heterocycles. The Morgan fingerprint density at radius 2 is 1.79 bits per heavy atom. The second-order valence-corrected chi connectivity index (χ2v) is 3.54. The van der Waals surface area contributed by atoms with Crippen molar-refractivity contribution in [1.82, 2.24) is 5.32 Å². The van der Waals surface area contributed by atoms with E-state index in [0.29, 0.717) is 12.2 Å². The van der Waals surface area contributed by atoms with Crippen LogP contribution in [0.5, 0.6) is 0 Å². The zero-order valence-electron chi connectivity index (χ0n) is 10.5. The molecule has 0 radical (unpaired) electrons. The highest BCUT2D eigenvalue weighted by atomic mass is 16.6. The van der Waals surface area contributed by atoms with Crippen molar-refractivity contribution in [2.24, 2.45) is 0 Å². The molecule has 1 N–H and O–H groups in total. The number of esters is 1. The van der Waals surface area contributed by atoms with Crippen LogP contribution in [0.1, 0.15) is 17.3 Å². The first-order valence-corrected chi connectivity index (χ1v) is 5.76. The van der Waals surface area contributed by atoms with Crippen molar-refractivity contribution in [2.45, 2.75) is 6.92 Å². The lowest BCUT2D eigenvalue weighted by Gasteiger charge is -2.05. The van der Waals surface area contributed by atoms with Crippen molar-refractivity contribution in [3.05, 3.63) is 35.9 Å². The molecule has 1 aromatic rings. The van der Waals surface area contributed by atoms with E-state index in [1.54, 1.807) is 37.3 Å². The lowest BCUT2D eigenvalue weighted by Crippen LogP contribution is -2.34. The maximum absolute atomic E-state index is 11.6. The van der Waals surface area contributed by atoms with Gasteiger partial charge >= 0.3 is 5.97 Å². The van der Waals surface area contributed by atoms with Gasteiger partial charge in [-0.3, -0.25) is 14.9 Å². The van der Waals surface area contributed by atoms with E-state index in [9.17, 15) is 14.4 Å². The zero-order valence-corrected chi connectivity index (χ0v) is 10.5. The van der Waals surface area contributed by atoms with Crippen LogP contribution < -0.4 is 5.32 Å². The molecule has 0 saturated carbocycles. The van der Waals surface area contributed by atoms with Gasteiger partial charge in [0.25, 0.3) is 11.8 Å². The highest BCUT2D eigenvalue weighted by molar-refractivity contribution is 6.05. The largest absolute Gasteiger partial charge is 0.454 e. The molecule has 1 rings (SSSR count). The Balaban J connectivity index is 2.32. The number of hydrogen-bond donors (Lipinski definition) is 1.